The molecule has 0 atom stereocenters. The molecule has 0 saturated carbocycles. The van der Waals surface area contributed by atoms with Crippen molar-refractivity contribution in [3.63, 3.8) is 0 Å². The van der Waals surface area contributed by atoms with Crippen LogP contribution in [0, 0.1) is 28.4 Å². The van der Waals surface area contributed by atoms with E-state index in [2.05, 4.69) is 16.4 Å². The van der Waals surface area contributed by atoms with Gasteiger partial charge in [0.05, 0.1) is 10.5 Å². The van der Waals surface area contributed by atoms with Gasteiger partial charge in [0.15, 0.2) is 0 Å². The first-order valence-electron chi connectivity index (χ1n) is 6.44. The number of hydrogen-bond donors (Lipinski definition) is 1. The lowest BCUT2D eigenvalue weighted by Gasteiger charge is -2.08. The molecule has 6 heteroatoms. The summed E-state index contributed by atoms with van der Waals surface area (Å²) in [4.78, 5) is 14.3. The van der Waals surface area contributed by atoms with Crippen molar-refractivity contribution in [2.24, 2.45) is 0 Å². The lowest BCUT2D eigenvalue weighted by atomic mass is 10.1. The van der Waals surface area contributed by atoms with E-state index in [9.17, 15) is 10.1 Å². The Hall–Kier alpha value is -2.94. The van der Waals surface area contributed by atoms with Gasteiger partial charge in [-0.15, -0.1) is 0 Å². The minimum atomic E-state index is -0.419. The Morgan fingerprint density at radius 1 is 1.33 bits per heavy atom. The minimum Gasteiger partial charge on any atom is -0.369 e. The molecule has 106 valence electrons. The molecule has 1 aromatic heterocycles. The van der Waals surface area contributed by atoms with Crippen LogP contribution in [-0.4, -0.2) is 16.5 Å². The second-order valence-corrected chi connectivity index (χ2v) is 4.56. The Labute approximate surface area is 122 Å². The molecule has 21 heavy (non-hydrogen) atoms. The zero-order chi connectivity index (χ0) is 15.2. The fourth-order valence-corrected chi connectivity index (χ4v) is 1.94. The van der Waals surface area contributed by atoms with Crippen molar-refractivity contribution in [3.05, 3.63) is 63.3 Å². The maximum absolute atomic E-state index is 10.6. The number of nitriles is 1. The third-order valence-corrected chi connectivity index (χ3v) is 3.12. The van der Waals surface area contributed by atoms with Crippen LogP contribution in [0.1, 0.15) is 16.7 Å². The molecule has 0 fully saturated rings. The maximum atomic E-state index is 10.6. The lowest BCUT2D eigenvalue weighted by molar-refractivity contribution is -0.384. The SMILES string of the molecule is Cc1ccnc(NCCc2ccc([N+](=O)[O-])cc2)c1C#N. The highest BCUT2D eigenvalue weighted by Gasteiger charge is 2.06. The predicted octanol–water partition coefficient (Wildman–Crippen LogP) is 2.82. The smallest absolute Gasteiger partial charge is 0.269 e. The number of hydrogen-bond acceptors (Lipinski definition) is 5. The highest BCUT2D eigenvalue weighted by atomic mass is 16.6. The highest BCUT2D eigenvalue weighted by molar-refractivity contribution is 5.55. The summed E-state index contributed by atoms with van der Waals surface area (Å²) < 4.78 is 0. The van der Waals surface area contributed by atoms with Gasteiger partial charge in [0, 0.05) is 24.9 Å². The Balaban J connectivity index is 1.97. The third-order valence-electron chi connectivity index (χ3n) is 3.12. The summed E-state index contributed by atoms with van der Waals surface area (Å²) in [5, 5.41) is 22.8. The highest BCUT2D eigenvalue weighted by Crippen LogP contribution is 2.16. The zero-order valence-corrected chi connectivity index (χ0v) is 11.5. The lowest BCUT2D eigenvalue weighted by Crippen LogP contribution is -2.08. The van der Waals surface area contributed by atoms with E-state index in [1.54, 1.807) is 24.4 Å². The fraction of sp³-hybridized carbons (Fsp3) is 0.200. The van der Waals surface area contributed by atoms with Crippen LogP contribution in [0.5, 0.6) is 0 Å². The number of nitro benzene ring substituents is 1. The summed E-state index contributed by atoms with van der Waals surface area (Å²) in [6.45, 7) is 2.46. The second kappa shape index (κ2) is 6.48. The summed E-state index contributed by atoms with van der Waals surface area (Å²) in [7, 11) is 0. The monoisotopic (exact) mass is 282 g/mol. The van der Waals surface area contributed by atoms with E-state index in [4.69, 9.17) is 5.26 Å². The van der Waals surface area contributed by atoms with Crippen LogP contribution >= 0.6 is 0 Å². The van der Waals surface area contributed by atoms with Gasteiger partial charge in [-0.25, -0.2) is 4.98 Å². The van der Waals surface area contributed by atoms with E-state index in [1.165, 1.54) is 12.1 Å². The number of aryl methyl sites for hydroxylation is 1. The molecule has 2 rings (SSSR count). The van der Waals surface area contributed by atoms with Crippen LogP contribution in [0.3, 0.4) is 0 Å². The van der Waals surface area contributed by atoms with Crippen LogP contribution in [0.25, 0.3) is 0 Å². The van der Waals surface area contributed by atoms with Crippen LogP contribution in [-0.2, 0) is 6.42 Å². The minimum absolute atomic E-state index is 0.0822. The van der Waals surface area contributed by atoms with Crippen molar-refractivity contribution in [2.45, 2.75) is 13.3 Å². The van der Waals surface area contributed by atoms with Crippen LogP contribution in [0.15, 0.2) is 36.5 Å². The molecule has 0 aliphatic heterocycles. The fourth-order valence-electron chi connectivity index (χ4n) is 1.94. The molecule has 0 aliphatic carbocycles. The van der Waals surface area contributed by atoms with E-state index in [-0.39, 0.29) is 5.69 Å². The molecule has 0 bridgehead atoms. The number of nitrogens with one attached hydrogen (secondary N) is 1. The summed E-state index contributed by atoms with van der Waals surface area (Å²) in [6, 6.07) is 10.4. The number of pyridine rings is 1. The topological polar surface area (TPSA) is 91.8 Å². The van der Waals surface area contributed by atoms with Crippen LogP contribution in [0.2, 0.25) is 0 Å². The van der Waals surface area contributed by atoms with Crippen molar-refractivity contribution in [2.75, 3.05) is 11.9 Å². The zero-order valence-electron chi connectivity index (χ0n) is 11.5. The molecule has 0 spiro atoms. The summed E-state index contributed by atoms with van der Waals surface area (Å²) >= 11 is 0. The third kappa shape index (κ3) is 3.54. The molecule has 1 aromatic carbocycles. The first kappa shape index (κ1) is 14.5. The van der Waals surface area contributed by atoms with Gasteiger partial charge < -0.3 is 5.32 Å². The standard InChI is InChI=1S/C15H14N4O2/c1-11-6-8-17-15(14(11)10-16)18-9-7-12-2-4-13(5-3-12)19(20)21/h2-6,8H,7,9H2,1H3,(H,17,18). The first-order chi connectivity index (χ1) is 10.1. The molecule has 0 radical (unpaired) electrons. The molecule has 2 aromatic rings. The number of nitrogens with zero attached hydrogens (tertiary/aromatic N) is 3. The van der Waals surface area contributed by atoms with E-state index in [0.29, 0.717) is 24.3 Å². The summed E-state index contributed by atoms with van der Waals surface area (Å²) in [5.41, 5.74) is 2.49. The molecule has 1 N–H and O–H groups in total. The molecular formula is C15H14N4O2. The number of anilines is 1. The Morgan fingerprint density at radius 3 is 2.67 bits per heavy atom. The average molecular weight is 282 g/mol. The largest absolute Gasteiger partial charge is 0.369 e. The van der Waals surface area contributed by atoms with Gasteiger partial charge >= 0.3 is 0 Å². The molecule has 1 heterocycles. The molecule has 0 saturated heterocycles. The summed E-state index contributed by atoms with van der Waals surface area (Å²) in [5.74, 6) is 0.569. The van der Waals surface area contributed by atoms with Crippen molar-refractivity contribution in [1.29, 1.82) is 5.26 Å². The van der Waals surface area contributed by atoms with Crippen molar-refractivity contribution in [1.82, 2.24) is 4.98 Å². The molecule has 0 amide bonds. The van der Waals surface area contributed by atoms with E-state index >= 15 is 0 Å². The van der Waals surface area contributed by atoms with E-state index in [1.807, 2.05) is 6.92 Å². The van der Waals surface area contributed by atoms with Gasteiger partial charge in [-0.3, -0.25) is 10.1 Å². The van der Waals surface area contributed by atoms with Crippen LogP contribution < -0.4 is 5.32 Å². The van der Waals surface area contributed by atoms with Gasteiger partial charge in [-0.2, -0.15) is 5.26 Å². The van der Waals surface area contributed by atoms with Crippen molar-refractivity contribution >= 4 is 11.5 Å². The number of rotatable bonds is 5. The summed E-state index contributed by atoms with van der Waals surface area (Å²) in [6.07, 6.45) is 2.35. The number of aromatic nitrogens is 1. The normalized spacial score (nSPS) is 9.90. The quantitative estimate of drug-likeness (QED) is 0.672. The Bertz CT molecular complexity index is 690. The number of non-ortho nitro benzene ring substituents is 1. The van der Waals surface area contributed by atoms with Crippen LogP contribution in [0.4, 0.5) is 11.5 Å². The average Bonchev–Trinajstić information content (AvgIpc) is 2.48. The van der Waals surface area contributed by atoms with Crippen molar-refractivity contribution in [3.8, 4) is 6.07 Å². The number of nitro groups is 1. The molecule has 0 unspecified atom stereocenters. The van der Waals surface area contributed by atoms with E-state index in [0.717, 1.165) is 11.1 Å². The Kier molecular flexibility index (Phi) is 4.46. The van der Waals surface area contributed by atoms with Gasteiger partial charge in [0.25, 0.3) is 5.69 Å². The van der Waals surface area contributed by atoms with Gasteiger partial charge in [-0.05, 0) is 30.5 Å². The first-order valence-corrected chi connectivity index (χ1v) is 6.44. The van der Waals surface area contributed by atoms with Gasteiger partial charge in [0.2, 0.25) is 0 Å². The predicted molar refractivity (Wildman–Crippen MR) is 79.0 cm³/mol. The molecule has 6 nitrogen and oxygen atoms in total. The van der Waals surface area contributed by atoms with Gasteiger partial charge in [-0.1, -0.05) is 12.1 Å². The Morgan fingerprint density at radius 2 is 2.05 bits per heavy atom. The van der Waals surface area contributed by atoms with E-state index < -0.39 is 4.92 Å². The number of benzene rings is 1. The van der Waals surface area contributed by atoms with Crippen molar-refractivity contribution < 1.29 is 4.92 Å². The molecular weight excluding hydrogens is 268 g/mol. The second-order valence-electron chi connectivity index (χ2n) is 4.56. The van der Waals surface area contributed by atoms with Gasteiger partial charge in [0.1, 0.15) is 11.9 Å². The maximum Gasteiger partial charge on any atom is 0.269 e. The molecule has 0 aliphatic rings.